The number of likely N-dealkylation sites (N-methyl/N-ethyl adjacent to an activating group) is 1. The molecular weight excluding hydrogens is 312 g/mol. The molecule has 1 heterocycles. The van der Waals surface area contributed by atoms with E-state index in [0.717, 1.165) is 28.3 Å². The number of carbonyl (C=O) groups excluding carboxylic acids is 1. The van der Waals surface area contributed by atoms with Crippen LogP contribution in [0, 0.1) is 6.92 Å². The summed E-state index contributed by atoms with van der Waals surface area (Å²) in [6.45, 7) is 2.60. The summed E-state index contributed by atoms with van der Waals surface area (Å²) >= 11 is 0. The van der Waals surface area contributed by atoms with Gasteiger partial charge in [-0.25, -0.2) is 0 Å². The van der Waals surface area contributed by atoms with E-state index in [1.807, 2.05) is 55.5 Å². The largest absolute Gasteiger partial charge is 0.464 e. The van der Waals surface area contributed by atoms with Gasteiger partial charge in [-0.05, 0) is 30.7 Å². The predicted molar refractivity (Wildman–Crippen MR) is 100 cm³/mol. The molecule has 0 bridgehead atoms. The molecule has 1 aromatic heterocycles. The summed E-state index contributed by atoms with van der Waals surface area (Å²) in [5.74, 6) is 1.65. The van der Waals surface area contributed by atoms with E-state index in [0.29, 0.717) is 6.54 Å². The van der Waals surface area contributed by atoms with Gasteiger partial charge in [0.2, 0.25) is 5.91 Å². The SMILES string of the molecule is Cc1ccc(CN(C)C(=O)CNc2ccccc2-c2ccccc2)o1. The van der Waals surface area contributed by atoms with Crippen LogP contribution in [0.5, 0.6) is 0 Å². The molecule has 0 unspecified atom stereocenters. The zero-order valence-corrected chi connectivity index (χ0v) is 14.5. The Morgan fingerprint density at radius 1 is 1.00 bits per heavy atom. The maximum atomic E-state index is 12.4. The Kier molecular flexibility index (Phi) is 5.19. The van der Waals surface area contributed by atoms with E-state index in [4.69, 9.17) is 4.42 Å². The third-order valence-corrected chi connectivity index (χ3v) is 4.06. The van der Waals surface area contributed by atoms with Crippen LogP contribution in [0.25, 0.3) is 11.1 Å². The molecule has 0 aliphatic heterocycles. The molecule has 0 spiro atoms. The topological polar surface area (TPSA) is 45.5 Å². The van der Waals surface area contributed by atoms with Gasteiger partial charge in [0.25, 0.3) is 0 Å². The smallest absolute Gasteiger partial charge is 0.242 e. The fourth-order valence-electron chi connectivity index (χ4n) is 2.70. The van der Waals surface area contributed by atoms with Crippen LogP contribution in [0.4, 0.5) is 5.69 Å². The molecule has 0 radical (unpaired) electrons. The van der Waals surface area contributed by atoms with E-state index in [-0.39, 0.29) is 12.5 Å². The highest BCUT2D eigenvalue weighted by atomic mass is 16.3. The Bertz CT molecular complexity index is 840. The number of nitrogens with zero attached hydrogens (tertiary/aromatic N) is 1. The summed E-state index contributed by atoms with van der Waals surface area (Å²) in [5, 5.41) is 3.26. The van der Waals surface area contributed by atoms with Crippen molar-refractivity contribution in [3.63, 3.8) is 0 Å². The van der Waals surface area contributed by atoms with E-state index in [2.05, 4.69) is 23.5 Å². The molecule has 25 heavy (non-hydrogen) atoms. The number of amides is 1. The van der Waals surface area contributed by atoms with Crippen LogP contribution in [0.1, 0.15) is 11.5 Å². The summed E-state index contributed by atoms with van der Waals surface area (Å²) in [7, 11) is 1.78. The van der Waals surface area contributed by atoms with Crippen LogP contribution >= 0.6 is 0 Å². The van der Waals surface area contributed by atoms with Gasteiger partial charge in [0.1, 0.15) is 11.5 Å². The van der Waals surface area contributed by atoms with Crippen molar-refractivity contribution < 1.29 is 9.21 Å². The van der Waals surface area contributed by atoms with Crippen LogP contribution in [0.2, 0.25) is 0 Å². The Morgan fingerprint density at radius 2 is 1.72 bits per heavy atom. The molecule has 0 saturated carbocycles. The fraction of sp³-hybridized carbons (Fsp3) is 0.190. The Labute approximate surface area is 148 Å². The Morgan fingerprint density at radius 3 is 2.44 bits per heavy atom. The Hall–Kier alpha value is -3.01. The number of benzene rings is 2. The highest BCUT2D eigenvalue weighted by Gasteiger charge is 2.12. The van der Waals surface area contributed by atoms with Gasteiger partial charge >= 0.3 is 0 Å². The lowest BCUT2D eigenvalue weighted by molar-refractivity contribution is -0.128. The molecule has 4 heteroatoms. The minimum atomic E-state index is 0.0110. The molecule has 3 rings (SSSR count). The number of nitrogens with one attached hydrogen (secondary N) is 1. The minimum absolute atomic E-state index is 0.0110. The molecule has 4 nitrogen and oxygen atoms in total. The van der Waals surface area contributed by atoms with Crippen molar-refractivity contribution in [1.82, 2.24) is 4.90 Å². The average Bonchev–Trinajstić information content (AvgIpc) is 3.05. The van der Waals surface area contributed by atoms with Crippen molar-refractivity contribution >= 4 is 11.6 Å². The maximum absolute atomic E-state index is 12.4. The van der Waals surface area contributed by atoms with E-state index < -0.39 is 0 Å². The van der Waals surface area contributed by atoms with Crippen molar-refractivity contribution in [1.29, 1.82) is 0 Å². The van der Waals surface area contributed by atoms with Gasteiger partial charge in [-0.15, -0.1) is 0 Å². The highest BCUT2D eigenvalue weighted by Crippen LogP contribution is 2.27. The Balaban J connectivity index is 1.64. The van der Waals surface area contributed by atoms with Crippen molar-refractivity contribution in [3.8, 4) is 11.1 Å². The predicted octanol–water partition coefficient (Wildman–Crippen LogP) is 4.33. The lowest BCUT2D eigenvalue weighted by atomic mass is 10.0. The number of furan rings is 1. The quantitative estimate of drug-likeness (QED) is 0.730. The number of hydrogen-bond donors (Lipinski definition) is 1. The van der Waals surface area contributed by atoms with Crippen molar-refractivity contribution in [2.75, 3.05) is 18.9 Å². The summed E-state index contributed by atoms with van der Waals surface area (Å²) in [6, 6.07) is 22.0. The number of carbonyl (C=O) groups is 1. The third-order valence-electron chi connectivity index (χ3n) is 4.06. The molecule has 2 aromatic carbocycles. The molecule has 0 aliphatic rings. The molecule has 0 aliphatic carbocycles. The lowest BCUT2D eigenvalue weighted by Crippen LogP contribution is -2.31. The number of hydrogen-bond acceptors (Lipinski definition) is 3. The van der Waals surface area contributed by atoms with Gasteiger partial charge in [-0.1, -0.05) is 48.5 Å². The van der Waals surface area contributed by atoms with Crippen molar-refractivity contribution in [2.45, 2.75) is 13.5 Å². The standard InChI is InChI=1S/C21H22N2O2/c1-16-12-13-18(25-16)15-23(2)21(24)14-22-20-11-7-6-10-19(20)17-8-4-3-5-9-17/h3-13,22H,14-15H2,1-2H3. The van der Waals surface area contributed by atoms with Crippen LogP contribution in [-0.2, 0) is 11.3 Å². The van der Waals surface area contributed by atoms with Crippen LogP contribution in [0.3, 0.4) is 0 Å². The van der Waals surface area contributed by atoms with Crippen LogP contribution in [0.15, 0.2) is 71.1 Å². The summed E-state index contributed by atoms with van der Waals surface area (Å²) in [4.78, 5) is 14.1. The van der Waals surface area contributed by atoms with E-state index >= 15 is 0 Å². The molecule has 0 atom stereocenters. The zero-order chi connectivity index (χ0) is 17.6. The number of anilines is 1. The normalized spacial score (nSPS) is 10.5. The summed E-state index contributed by atoms with van der Waals surface area (Å²) < 4.78 is 5.53. The average molecular weight is 334 g/mol. The van der Waals surface area contributed by atoms with Crippen molar-refractivity contribution in [3.05, 3.63) is 78.3 Å². The van der Waals surface area contributed by atoms with Crippen LogP contribution < -0.4 is 5.32 Å². The molecule has 3 aromatic rings. The lowest BCUT2D eigenvalue weighted by Gasteiger charge is -2.18. The third kappa shape index (κ3) is 4.29. The van der Waals surface area contributed by atoms with E-state index in [1.165, 1.54) is 0 Å². The minimum Gasteiger partial charge on any atom is -0.464 e. The van der Waals surface area contributed by atoms with Gasteiger partial charge < -0.3 is 14.6 Å². The van der Waals surface area contributed by atoms with Gasteiger partial charge in [0.05, 0.1) is 13.1 Å². The van der Waals surface area contributed by atoms with Crippen LogP contribution in [-0.4, -0.2) is 24.4 Å². The van der Waals surface area contributed by atoms with Gasteiger partial charge in [-0.3, -0.25) is 4.79 Å². The zero-order valence-electron chi connectivity index (χ0n) is 14.5. The first kappa shape index (κ1) is 16.8. The van der Waals surface area contributed by atoms with E-state index in [9.17, 15) is 4.79 Å². The fourth-order valence-corrected chi connectivity index (χ4v) is 2.70. The number of para-hydroxylation sites is 1. The molecule has 0 saturated heterocycles. The maximum Gasteiger partial charge on any atom is 0.242 e. The second-order valence-electron chi connectivity index (χ2n) is 6.03. The molecular formula is C21H22N2O2. The highest BCUT2D eigenvalue weighted by molar-refractivity contribution is 5.84. The second kappa shape index (κ2) is 7.71. The molecule has 1 N–H and O–H groups in total. The molecule has 128 valence electrons. The second-order valence-corrected chi connectivity index (χ2v) is 6.03. The molecule has 1 amide bonds. The first-order valence-electron chi connectivity index (χ1n) is 8.31. The van der Waals surface area contributed by atoms with Crippen molar-refractivity contribution in [2.24, 2.45) is 0 Å². The number of rotatable bonds is 6. The first-order chi connectivity index (χ1) is 12.1. The van der Waals surface area contributed by atoms with Gasteiger partial charge in [0.15, 0.2) is 0 Å². The molecule has 0 fully saturated rings. The monoisotopic (exact) mass is 334 g/mol. The number of aryl methyl sites for hydroxylation is 1. The van der Waals surface area contributed by atoms with Gasteiger partial charge in [-0.2, -0.15) is 0 Å². The summed E-state index contributed by atoms with van der Waals surface area (Å²) in [6.07, 6.45) is 0. The first-order valence-corrected chi connectivity index (χ1v) is 8.31. The van der Waals surface area contributed by atoms with E-state index in [1.54, 1.807) is 11.9 Å². The summed E-state index contributed by atoms with van der Waals surface area (Å²) in [5.41, 5.74) is 3.15. The van der Waals surface area contributed by atoms with Gasteiger partial charge in [0, 0.05) is 18.3 Å².